The Labute approximate surface area is 164 Å². The highest BCUT2D eigenvalue weighted by molar-refractivity contribution is 5.89. The fourth-order valence-corrected chi connectivity index (χ4v) is 3.08. The lowest BCUT2D eigenvalue weighted by atomic mass is 10.0. The van der Waals surface area contributed by atoms with Crippen LogP contribution in [0, 0.1) is 11.8 Å². The number of rotatable bonds is 6. The predicted octanol–water partition coefficient (Wildman–Crippen LogP) is 2.36. The van der Waals surface area contributed by atoms with E-state index in [-0.39, 0.29) is 24.8 Å². The molecule has 0 radical (unpaired) electrons. The van der Waals surface area contributed by atoms with Crippen molar-refractivity contribution in [3.8, 4) is 11.4 Å². The second-order valence-electron chi connectivity index (χ2n) is 7.21. The topological polar surface area (TPSA) is 101 Å². The Kier molecular flexibility index (Phi) is 5.85. The Hall–Kier alpha value is -2.98. The van der Waals surface area contributed by atoms with Gasteiger partial charge in [-0.05, 0) is 18.1 Å². The van der Waals surface area contributed by atoms with Gasteiger partial charge < -0.3 is 14.7 Å². The predicted molar refractivity (Wildman–Crippen MR) is 94.0 cm³/mol. The number of amides is 2. The lowest BCUT2D eigenvalue weighted by molar-refractivity contribution is -0.157. The summed E-state index contributed by atoms with van der Waals surface area (Å²) >= 11 is 0. The number of nitrogens with one attached hydrogen (secondary N) is 1. The quantitative estimate of drug-likeness (QED) is 0.783. The van der Waals surface area contributed by atoms with Gasteiger partial charge in [-0.2, -0.15) is 18.2 Å². The van der Waals surface area contributed by atoms with Gasteiger partial charge in [-0.25, -0.2) is 0 Å². The zero-order valence-corrected chi connectivity index (χ0v) is 15.8. The molecule has 156 valence electrons. The number of aromatic nitrogens is 3. The molecular weight excluding hydrogens is 391 g/mol. The van der Waals surface area contributed by atoms with E-state index in [9.17, 15) is 22.8 Å². The summed E-state index contributed by atoms with van der Waals surface area (Å²) in [6.45, 7) is 2.03. The Morgan fingerprint density at radius 3 is 2.66 bits per heavy atom. The van der Waals surface area contributed by atoms with Crippen molar-refractivity contribution < 1.29 is 27.3 Å². The molecule has 8 nitrogen and oxygen atoms in total. The van der Waals surface area contributed by atoms with Crippen molar-refractivity contribution in [2.75, 3.05) is 13.1 Å². The summed E-state index contributed by atoms with van der Waals surface area (Å²) in [6.07, 6.45) is -1.61. The van der Waals surface area contributed by atoms with Crippen LogP contribution in [0.3, 0.4) is 0 Å². The standard InChI is InChI=1S/C18H20F3N5O3/c1-10(2)14(17-24-15(25-29-17)11-3-5-22-6-4-11)23-16(28)12-7-13(27)26(8-12)9-18(19,20)21/h3-6,10,12,14H,7-9H2,1-2H3,(H,23,28). The number of pyridine rings is 1. The number of halogens is 3. The first kappa shape index (κ1) is 20.7. The van der Waals surface area contributed by atoms with Crippen LogP contribution in [0.5, 0.6) is 0 Å². The van der Waals surface area contributed by atoms with E-state index in [1.54, 1.807) is 24.5 Å². The van der Waals surface area contributed by atoms with E-state index in [1.165, 1.54) is 0 Å². The monoisotopic (exact) mass is 411 g/mol. The number of carbonyl (C=O) groups is 2. The Morgan fingerprint density at radius 2 is 2.03 bits per heavy atom. The van der Waals surface area contributed by atoms with Crippen molar-refractivity contribution in [1.82, 2.24) is 25.3 Å². The van der Waals surface area contributed by atoms with Crippen molar-refractivity contribution in [3.63, 3.8) is 0 Å². The molecule has 11 heteroatoms. The molecule has 1 aliphatic heterocycles. The van der Waals surface area contributed by atoms with Gasteiger partial charge in [0.25, 0.3) is 0 Å². The Bertz CT molecular complexity index is 869. The molecule has 29 heavy (non-hydrogen) atoms. The van der Waals surface area contributed by atoms with Crippen molar-refractivity contribution in [3.05, 3.63) is 30.4 Å². The van der Waals surface area contributed by atoms with E-state index in [4.69, 9.17) is 4.52 Å². The lowest BCUT2D eigenvalue weighted by Crippen LogP contribution is -2.39. The molecule has 0 aliphatic carbocycles. The molecule has 2 aromatic heterocycles. The van der Waals surface area contributed by atoms with Gasteiger partial charge in [0.15, 0.2) is 0 Å². The molecule has 0 saturated carbocycles. The molecule has 1 aliphatic rings. The average Bonchev–Trinajstić information content (AvgIpc) is 3.26. The van der Waals surface area contributed by atoms with Crippen LogP contribution in [0.2, 0.25) is 0 Å². The highest BCUT2D eigenvalue weighted by Crippen LogP contribution is 2.27. The van der Waals surface area contributed by atoms with E-state index in [0.29, 0.717) is 16.3 Å². The molecular formula is C18H20F3N5O3. The molecule has 2 atom stereocenters. The fraction of sp³-hybridized carbons (Fsp3) is 0.500. The van der Waals surface area contributed by atoms with Gasteiger partial charge in [-0.15, -0.1) is 0 Å². The van der Waals surface area contributed by atoms with Crippen LogP contribution in [0.15, 0.2) is 29.0 Å². The summed E-state index contributed by atoms with van der Waals surface area (Å²) in [5.41, 5.74) is 0.688. The molecule has 2 amide bonds. The second-order valence-corrected chi connectivity index (χ2v) is 7.21. The molecule has 1 fully saturated rings. The summed E-state index contributed by atoms with van der Waals surface area (Å²) in [7, 11) is 0. The lowest BCUT2D eigenvalue weighted by Gasteiger charge is -2.21. The third-order valence-electron chi connectivity index (χ3n) is 4.57. The summed E-state index contributed by atoms with van der Waals surface area (Å²) in [6, 6.07) is 2.77. The smallest absolute Gasteiger partial charge is 0.344 e. The van der Waals surface area contributed by atoms with Gasteiger partial charge in [-0.1, -0.05) is 19.0 Å². The highest BCUT2D eigenvalue weighted by Gasteiger charge is 2.41. The summed E-state index contributed by atoms with van der Waals surface area (Å²) in [5.74, 6) is -1.71. The first-order valence-corrected chi connectivity index (χ1v) is 9.03. The third kappa shape index (κ3) is 5.09. The largest absolute Gasteiger partial charge is 0.406 e. The number of alkyl halides is 3. The van der Waals surface area contributed by atoms with Crippen molar-refractivity contribution in [1.29, 1.82) is 0 Å². The van der Waals surface area contributed by atoms with Gasteiger partial charge in [-0.3, -0.25) is 14.6 Å². The van der Waals surface area contributed by atoms with Crippen molar-refractivity contribution in [2.45, 2.75) is 32.5 Å². The van der Waals surface area contributed by atoms with E-state index in [1.807, 2.05) is 13.8 Å². The maximum Gasteiger partial charge on any atom is 0.406 e. The molecule has 0 spiro atoms. The molecule has 0 aromatic carbocycles. The van der Waals surface area contributed by atoms with E-state index >= 15 is 0 Å². The van der Waals surface area contributed by atoms with Crippen LogP contribution in [0.4, 0.5) is 13.2 Å². The SMILES string of the molecule is CC(C)C(NC(=O)C1CC(=O)N(CC(F)(F)F)C1)c1nc(-c2ccncc2)no1. The zero-order valence-electron chi connectivity index (χ0n) is 15.8. The summed E-state index contributed by atoms with van der Waals surface area (Å²) < 4.78 is 43.0. The fourth-order valence-electron chi connectivity index (χ4n) is 3.08. The number of hydrogen-bond donors (Lipinski definition) is 1. The maximum absolute atomic E-state index is 12.6. The van der Waals surface area contributed by atoms with Crippen LogP contribution in [0.1, 0.15) is 32.2 Å². The first-order chi connectivity index (χ1) is 13.6. The van der Waals surface area contributed by atoms with E-state index in [0.717, 1.165) is 0 Å². The number of hydrogen-bond acceptors (Lipinski definition) is 6. The van der Waals surface area contributed by atoms with Crippen LogP contribution in [-0.2, 0) is 9.59 Å². The van der Waals surface area contributed by atoms with Crippen LogP contribution in [-0.4, -0.2) is 51.1 Å². The minimum atomic E-state index is -4.51. The minimum Gasteiger partial charge on any atom is -0.344 e. The minimum absolute atomic E-state index is 0.131. The van der Waals surface area contributed by atoms with Gasteiger partial charge in [0, 0.05) is 30.9 Å². The van der Waals surface area contributed by atoms with Crippen LogP contribution < -0.4 is 5.32 Å². The second kappa shape index (κ2) is 8.18. The van der Waals surface area contributed by atoms with Gasteiger partial charge in [0.2, 0.25) is 23.5 Å². The molecule has 1 saturated heterocycles. The molecule has 3 heterocycles. The molecule has 0 bridgehead atoms. The van der Waals surface area contributed by atoms with E-state index in [2.05, 4.69) is 20.4 Å². The molecule has 3 rings (SSSR count). The first-order valence-electron chi connectivity index (χ1n) is 9.03. The van der Waals surface area contributed by atoms with Gasteiger partial charge >= 0.3 is 6.18 Å². The number of nitrogens with zero attached hydrogens (tertiary/aromatic N) is 4. The summed E-state index contributed by atoms with van der Waals surface area (Å²) in [5, 5.41) is 6.64. The zero-order chi connectivity index (χ0) is 21.2. The van der Waals surface area contributed by atoms with Crippen LogP contribution >= 0.6 is 0 Å². The Balaban J connectivity index is 1.69. The molecule has 2 aromatic rings. The van der Waals surface area contributed by atoms with Crippen molar-refractivity contribution >= 4 is 11.8 Å². The maximum atomic E-state index is 12.6. The van der Waals surface area contributed by atoms with Gasteiger partial charge in [0.1, 0.15) is 12.6 Å². The third-order valence-corrected chi connectivity index (χ3v) is 4.57. The molecule has 1 N–H and O–H groups in total. The van der Waals surface area contributed by atoms with Crippen LogP contribution in [0.25, 0.3) is 11.4 Å². The van der Waals surface area contributed by atoms with E-state index < -0.39 is 36.5 Å². The highest BCUT2D eigenvalue weighted by atomic mass is 19.4. The summed E-state index contributed by atoms with van der Waals surface area (Å²) in [4.78, 5) is 33.3. The molecule has 2 unspecified atom stereocenters. The van der Waals surface area contributed by atoms with Gasteiger partial charge in [0.05, 0.1) is 5.92 Å². The Morgan fingerprint density at radius 1 is 1.34 bits per heavy atom. The average molecular weight is 411 g/mol. The van der Waals surface area contributed by atoms with Crippen molar-refractivity contribution in [2.24, 2.45) is 11.8 Å². The number of likely N-dealkylation sites (tertiary alicyclic amines) is 1. The number of carbonyl (C=O) groups excluding carboxylic acids is 2. The normalized spacial score (nSPS) is 18.3.